The van der Waals surface area contributed by atoms with E-state index in [9.17, 15) is 9.90 Å². The van der Waals surface area contributed by atoms with Crippen LogP contribution in [0, 0.1) is 16.7 Å². The SMILES string of the molecule is CC(C)OC(=O)[C@@](C)(C#N)[C@H](C)O. The van der Waals surface area contributed by atoms with Crippen molar-refractivity contribution >= 4 is 5.97 Å². The molecule has 0 saturated heterocycles. The van der Waals surface area contributed by atoms with Crippen molar-refractivity contribution in [3.05, 3.63) is 0 Å². The van der Waals surface area contributed by atoms with Crippen LogP contribution in [0.3, 0.4) is 0 Å². The highest BCUT2D eigenvalue weighted by Crippen LogP contribution is 2.22. The third-order valence-corrected chi connectivity index (χ3v) is 1.83. The summed E-state index contributed by atoms with van der Waals surface area (Å²) in [5.74, 6) is -0.681. The molecule has 0 bridgehead atoms. The van der Waals surface area contributed by atoms with E-state index in [-0.39, 0.29) is 6.10 Å². The van der Waals surface area contributed by atoms with Crippen LogP contribution in [0.2, 0.25) is 0 Å². The van der Waals surface area contributed by atoms with Gasteiger partial charge in [-0.1, -0.05) is 0 Å². The summed E-state index contributed by atoms with van der Waals surface area (Å²) in [5, 5.41) is 18.0. The Labute approximate surface area is 78.1 Å². The van der Waals surface area contributed by atoms with Crippen molar-refractivity contribution in [2.75, 3.05) is 0 Å². The van der Waals surface area contributed by atoms with Gasteiger partial charge >= 0.3 is 5.97 Å². The quantitative estimate of drug-likeness (QED) is 0.662. The van der Waals surface area contributed by atoms with Gasteiger partial charge in [0.05, 0.1) is 18.3 Å². The lowest BCUT2D eigenvalue weighted by molar-refractivity contribution is -0.160. The zero-order chi connectivity index (χ0) is 10.6. The molecule has 0 aromatic heterocycles. The maximum absolute atomic E-state index is 11.3. The first-order valence-electron chi connectivity index (χ1n) is 4.15. The van der Waals surface area contributed by atoms with Gasteiger partial charge in [-0.25, -0.2) is 0 Å². The van der Waals surface area contributed by atoms with E-state index < -0.39 is 17.5 Å². The minimum absolute atomic E-state index is 0.279. The highest BCUT2D eigenvalue weighted by atomic mass is 16.5. The normalized spacial score (nSPS) is 17.3. The standard InChI is InChI=1S/C9H15NO3/c1-6(2)13-8(12)9(4,5-10)7(3)11/h6-7,11H,1-4H3/t7-,9-/m0/s1. The molecule has 0 aliphatic rings. The van der Waals surface area contributed by atoms with Gasteiger partial charge in [-0.05, 0) is 27.7 Å². The fourth-order valence-electron chi connectivity index (χ4n) is 0.646. The van der Waals surface area contributed by atoms with E-state index in [0.29, 0.717) is 0 Å². The Balaban J connectivity index is 4.61. The molecule has 0 spiro atoms. The topological polar surface area (TPSA) is 70.3 Å². The van der Waals surface area contributed by atoms with Gasteiger partial charge in [0.15, 0.2) is 5.41 Å². The first-order chi connectivity index (χ1) is 5.84. The van der Waals surface area contributed by atoms with Crippen LogP contribution in [0.15, 0.2) is 0 Å². The molecule has 1 N–H and O–H groups in total. The molecule has 0 rings (SSSR count). The number of hydrogen-bond donors (Lipinski definition) is 1. The number of carbonyl (C=O) groups excluding carboxylic acids is 1. The first-order valence-corrected chi connectivity index (χ1v) is 4.15. The average molecular weight is 185 g/mol. The van der Waals surface area contributed by atoms with E-state index >= 15 is 0 Å². The minimum Gasteiger partial charge on any atom is -0.462 e. The number of ether oxygens (including phenoxy) is 1. The van der Waals surface area contributed by atoms with Gasteiger partial charge in [0, 0.05) is 0 Å². The Morgan fingerprint density at radius 1 is 1.54 bits per heavy atom. The summed E-state index contributed by atoms with van der Waals surface area (Å²) in [7, 11) is 0. The van der Waals surface area contributed by atoms with Crippen molar-refractivity contribution in [1.82, 2.24) is 0 Å². The third kappa shape index (κ3) is 2.71. The summed E-state index contributed by atoms with van der Waals surface area (Å²) >= 11 is 0. The Kier molecular flexibility index (Phi) is 3.89. The molecule has 0 unspecified atom stereocenters. The maximum atomic E-state index is 11.3. The number of aliphatic hydroxyl groups excluding tert-OH is 1. The molecule has 0 fully saturated rings. The van der Waals surface area contributed by atoms with Crippen LogP contribution < -0.4 is 0 Å². The van der Waals surface area contributed by atoms with Gasteiger partial charge in [-0.15, -0.1) is 0 Å². The van der Waals surface area contributed by atoms with E-state index in [0.717, 1.165) is 0 Å². The molecular weight excluding hydrogens is 170 g/mol. The van der Waals surface area contributed by atoms with E-state index in [1.807, 2.05) is 0 Å². The molecule has 4 nitrogen and oxygen atoms in total. The highest BCUT2D eigenvalue weighted by molar-refractivity contribution is 5.80. The molecule has 2 atom stereocenters. The molecule has 13 heavy (non-hydrogen) atoms. The largest absolute Gasteiger partial charge is 0.462 e. The van der Waals surface area contributed by atoms with Crippen LogP contribution >= 0.6 is 0 Å². The molecule has 0 aromatic rings. The second-order valence-corrected chi connectivity index (χ2v) is 3.44. The van der Waals surface area contributed by atoms with Crippen LogP contribution in [0.4, 0.5) is 0 Å². The van der Waals surface area contributed by atoms with Crippen LogP contribution in [-0.4, -0.2) is 23.3 Å². The van der Waals surface area contributed by atoms with Crippen molar-refractivity contribution in [1.29, 1.82) is 5.26 Å². The number of esters is 1. The van der Waals surface area contributed by atoms with Crippen molar-refractivity contribution in [3.8, 4) is 6.07 Å². The minimum atomic E-state index is -1.47. The fraction of sp³-hybridized carbons (Fsp3) is 0.778. The number of carbonyl (C=O) groups is 1. The molecule has 74 valence electrons. The molecule has 0 radical (unpaired) electrons. The zero-order valence-corrected chi connectivity index (χ0v) is 8.37. The van der Waals surface area contributed by atoms with E-state index in [1.54, 1.807) is 19.9 Å². The van der Waals surface area contributed by atoms with Gasteiger partial charge < -0.3 is 9.84 Å². The van der Waals surface area contributed by atoms with Gasteiger partial charge in [0.2, 0.25) is 0 Å². The second-order valence-electron chi connectivity index (χ2n) is 3.44. The van der Waals surface area contributed by atoms with Crippen molar-refractivity contribution in [3.63, 3.8) is 0 Å². The average Bonchev–Trinajstić information content (AvgIpc) is 2.01. The molecule has 0 amide bonds. The summed E-state index contributed by atoms with van der Waals surface area (Å²) in [5.41, 5.74) is -1.47. The summed E-state index contributed by atoms with van der Waals surface area (Å²) < 4.78 is 4.85. The Morgan fingerprint density at radius 2 is 2.00 bits per heavy atom. The second kappa shape index (κ2) is 4.24. The van der Waals surface area contributed by atoms with Gasteiger partial charge in [-0.2, -0.15) is 5.26 Å². The number of nitrogens with zero attached hydrogens (tertiary/aromatic N) is 1. The lowest BCUT2D eigenvalue weighted by atomic mass is 9.87. The predicted octanol–water partition coefficient (Wildman–Crippen LogP) is 0.849. The number of nitriles is 1. The number of aliphatic hydroxyl groups is 1. The highest BCUT2D eigenvalue weighted by Gasteiger charge is 2.40. The molecule has 0 heterocycles. The summed E-state index contributed by atoms with van der Waals surface area (Å²) in [6.45, 7) is 6.14. The molecule has 0 aromatic carbocycles. The van der Waals surface area contributed by atoms with Crippen LogP contribution in [0.25, 0.3) is 0 Å². The molecule has 0 aliphatic carbocycles. The molecular formula is C9H15NO3. The Hall–Kier alpha value is -1.08. The monoisotopic (exact) mass is 185 g/mol. The van der Waals surface area contributed by atoms with Crippen LogP contribution in [0.5, 0.6) is 0 Å². The van der Waals surface area contributed by atoms with Gasteiger partial charge in [0.25, 0.3) is 0 Å². The lowest BCUT2D eigenvalue weighted by Gasteiger charge is -2.23. The summed E-state index contributed by atoms with van der Waals surface area (Å²) in [6.07, 6.45) is -1.32. The molecule has 0 saturated carbocycles. The number of rotatable bonds is 3. The summed E-state index contributed by atoms with van der Waals surface area (Å²) in [6, 6.07) is 1.76. The van der Waals surface area contributed by atoms with Gasteiger partial charge in [-0.3, -0.25) is 4.79 Å². The Morgan fingerprint density at radius 3 is 2.23 bits per heavy atom. The van der Waals surface area contributed by atoms with Crippen molar-refractivity contribution < 1.29 is 14.6 Å². The molecule has 0 aliphatic heterocycles. The van der Waals surface area contributed by atoms with E-state index in [2.05, 4.69) is 0 Å². The van der Waals surface area contributed by atoms with Crippen LogP contribution in [-0.2, 0) is 9.53 Å². The third-order valence-electron chi connectivity index (χ3n) is 1.83. The van der Waals surface area contributed by atoms with E-state index in [4.69, 9.17) is 10.00 Å². The first kappa shape index (κ1) is 11.9. The predicted molar refractivity (Wildman–Crippen MR) is 46.6 cm³/mol. The number of hydrogen-bond acceptors (Lipinski definition) is 4. The van der Waals surface area contributed by atoms with Crippen molar-refractivity contribution in [2.45, 2.75) is 39.9 Å². The van der Waals surface area contributed by atoms with Crippen LogP contribution in [0.1, 0.15) is 27.7 Å². The fourth-order valence-corrected chi connectivity index (χ4v) is 0.646. The van der Waals surface area contributed by atoms with E-state index in [1.165, 1.54) is 13.8 Å². The zero-order valence-electron chi connectivity index (χ0n) is 8.37. The lowest BCUT2D eigenvalue weighted by Crippen LogP contribution is -2.39. The van der Waals surface area contributed by atoms with Crippen molar-refractivity contribution in [2.24, 2.45) is 5.41 Å². The Bertz CT molecular complexity index is 230. The molecule has 4 heteroatoms. The summed E-state index contributed by atoms with van der Waals surface area (Å²) in [4.78, 5) is 11.3. The maximum Gasteiger partial charge on any atom is 0.329 e. The smallest absolute Gasteiger partial charge is 0.329 e. The van der Waals surface area contributed by atoms with Gasteiger partial charge in [0.1, 0.15) is 0 Å².